The molecule has 5 fully saturated rings. The van der Waals surface area contributed by atoms with Gasteiger partial charge in [-0.2, -0.15) is 0 Å². The molecule has 6 heterocycles. The molecule has 0 unspecified atom stereocenters. The number of amides is 3. The summed E-state index contributed by atoms with van der Waals surface area (Å²) in [6, 6.07) is 14.2. The summed E-state index contributed by atoms with van der Waals surface area (Å²) in [6.45, 7) is 14.8. The van der Waals surface area contributed by atoms with Gasteiger partial charge in [-0.3, -0.25) is 14.4 Å². The number of para-hydroxylation sites is 1. The molecule has 408 valence electrons. The SMILES string of the molecule is Cc1ccc(CNC(=O)[C@@H]2C[C@@H](O)CN2C(=O)[C@@H](NC(=O)[C@H]2CCC3(CC2)C[C@H](N2CCC(c4cnc(N5CCN6c7cc(-c8ccccc8O)nnc7NC[C@H]6C5)nc4)CC2)C3)C(C)(C)C)c(OCCCN(C)C)c1. The first-order valence-corrected chi connectivity index (χ1v) is 27.9. The van der Waals surface area contributed by atoms with Gasteiger partial charge in [-0.15, -0.1) is 10.2 Å². The number of aromatic hydroxyl groups is 1. The number of fused-ring (bicyclic) bond motifs is 3. The Labute approximate surface area is 448 Å². The van der Waals surface area contributed by atoms with Gasteiger partial charge in [0.25, 0.3) is 0 Å². The number of ether oxygens (including phenoxy) is 1. The van der Waals surface area contributed by atoms with E-state index in [0.717, 1.165) is 125 Å². The Balaban J connectivity index is 0.664. The first-order valence-electron chi connectivity index (χ1n) is 27.9. The van der Waals surface area contributed by atoms with Crippen LogP contribution in [0.5, 0.6) is 11.5 Å². The molecule has 4 aromatic rings. The summed E-state index contributed by atoms with van der Waals surface area (Å²) in [5.41, 5.74) is 5.08. The molecule has 1 spiro atoms. The Morgan fingerprint density at radius 1 is 0.921 bits per heavy atom. The Hall–Kier alpha value is -6.11. The van der Waals surface area contributed by atoms with Gasteiger partial charge in [-0.05, 0) is 144 Å². The first kappa shape index (κ1) is 53.3. The number of phenolic OH excluding ortho intramolecular Hbond substituents is 1. The number of carbonyl (C=O) groups is 3. The molecule has 4 atom stereocenters. The monoisotopic (exact) mass is 1040 g/mol. The van der Waals surface area contributed by atoms with Crippen LogP contribution in [0.1, 0.15) is 108 Å². The van der Waals surface area contributed by atoms with Crippen molar-refractivity contribution in [2.24, 2.45) is 16.7 Å². The number of carbonyl (C=O) groups excluding carboxylic acids is 3. The van der Waals surface area contributed by atoms with Crippen LogP contribution in [0.15, 0.2) is 60.9 Å². The second kappa shape index (κ2) is 22.5. The minimum absolute atomic E-state index is 0.0356. The van der Waals surface area contributed by atoms with Crippen LogP contribution in [0, 0.1) is 23.7 Å². The highest BCUT2D eigenvalue weighted by Gasteiger charge is 2.50. The third-order valence-electron chi connectivity index (χ3n) is 17.4. The summed E-state index contributed by atoms with van der Waals surface area (Å²) < 4.78 is 6.13. The topological polar surface area (TPSA) is 205 Å². The number of β-amino-alcohol motifs (C(OH)–C–C–N with tert-alkyl or cyclic N) is 1. The molecule has 5 N–H and O–H groups in total. The van der Waals surface area contributed by atoms with Crippen molar-refractivity contribution in [3.63, 3.8) is 0 Å². The van der Waals surface area contributed by atoms with Crippen LogP contribution >= 0.6 is 0 Å². The predicted octanol–water partition coefficient (Wildman–Crippen LogP) is 5.73. The molecule has 3 amide bonds. The highest BCUT2D eigenvalue weighted by atomic mass is 16.5. The van der Waals surface area contributed by atoms with Crippen LogP contribution < -0.4 is 30.5 Å². The normalized spacial score (nSPS) is 25.3. The molecular formula is C58H80N12O6. The lowest BCUT2D eigenvalue weighted by atomic mass is 9.56. The molecule has 2 saturated carbocycles. The lowest BCUT2D eigenvalue weighted by Crippen LogP contribution is -2.59. The summed E-state index contributed by atoms with van der Waals surface area (Å²) in [6.07, 6.45) is 12.4. The van der Waals surface area contributed by atoms with Gasteiger partial charge in [0.1, 0.15) is 23.6 Å². The Bertz CT molecular complexity index is 2690. The molecule has 18 nitrogen and oxygen atoms in total. The zero-order valence-electron chi connectivity index (χ0n) is 45.5. The maximum absolute atomic E-state index is 14.4. The van der Waals surface area contributed by atoms with Crippen LogP contribution in [-0.2, 0) is 20.9 Å². The number of rotatable bonds is 15. The molecule has 6 aliphatic rings. The Kier molecular flexibility index (Phi) is 15.8. The van der Waals surface area contributed by atoms with Crippen LogP contribution in [0.2, 0.25) is 0 Å². The van der Waals surface area contributed by atoms with Crippen molar-refractivity contribution in [1.29, 1.82) is 0 Å². The highest BCUT2D eigenvalue weighted by molar-refractivity contribution is 5.93. The number of hydrogen-bond acceptors (Lipinski definition) is 15. The maximum Gasteiger partial charge on any atom is 0.246 e. The van der Waals surface area contributed by atoms with E-state index in [-0.39, 0.29) is 60.4 Å². The predicted molar refractivity (Wildman–Crippen MR) is 293 cm³/mol. The van der Waals surface area contributed by atoms with Gasteiger partial charge < -0.3 is 55.4 Å². The standard InChI is InChI=1S/C58H80N12O6/c1-37-12-13-40(50(26-37)76-25-9-20-66(5)6)31-60-54(74)48-27-44(71)36-70(48)55(75)51(57(2,3)4)63-53(73)39-14-18-58(19-15-39)29-42(30-58)67-21-16-38(17-22-67)41-32-61-56(62-33-41)68-23-24-69-43(35-68)34-59-52-47(69)28-46(64-65-52)45-10-7-8-11-49(45)72/h7-8,10-13,26,28,32-33,38-39,42-44,48,51,71-72H,9,14-25,27,29-31,34-36H2,1-6H3,(H,59,65)(H,60,74)(H,63,73)/t39-,42-,43-,44+,48-,51+,58?/m0/s1. The van der Waals surface area contributed by atoms with Crippen molar-refractivity contribution in [2.45, 2.75) is 135 Å². The maximum atomic E-state index is 14.4. The Morgan fingerprint density at radius 2 is 1.67 bits per heavy atom. The number of benzene rings is 2. The average Bonchev–Trinajstić information content (AvgIpc) is 3.85. The first-order chi connectivity index (χ1) is 36.5. The number of nitrogens with one attached hydrogen (secondary N) is 3. The number of piperazine rings is 1. The minimum Gasteiger partial charge on any atom is -0.507 e. The van der Waals surface area contributed by atoms with Gasteiger partial charge in [0, 0.05) is 87.7 Å². The average molecular weight is 1040 g/mol. The van der Waals surface area contributed by atoms with Crippen molar-refractivity contribution in [1.82, 2.24) is 45.5 Å². The molecule has 0 bridgehead atoms. The van der Waals surface area contributed by atoms with E-state index >= 15 is 0 Å². The molecule has 2 aliphatic carbocycles. The number of anilines is 3. The summed E-state index contributed by atoms with van der Waals surface area (Å²) in [7, 11) is 4.06. The van der Waals surface area contributed by atoms with E-state index in [1.165, 1.54) is 23.3 Å². The number of aromatic nitrogens is 4. The van der Waals surface area contributed by atoms with Crippen molar-refractivity contribution in [2.75, 3.05) is 88.2 Å². The van der Waals surface area contributed by atoms with Gasteiger partial charge >= 0.3 is 0 Å². The summed E-state index contributed by atoms with van der Waals surface area (Å²) >= 11 is 0. The number of aliphatic hydroxyl groups is 1. The van der Waals surface area contributed by atoms with E-state index in [1.54, 1.807) is 12.1 Å². The third kappa shape index (κ3) is 11.7. The number of nitrogens with zero attached hydrogens (tertiary/aromatic N) is 9. The summed E-state index contributed by atoms with van der Waals surface area (Å²) in [5, 5.41) is 39.8. The lowest BCUT2D eigenvalue weighted by molar-refractivity contribution is -0.145. The van der Waals surface area contributed by atoms with Crippen LogP contribution in [-0.4, -0.2) is 166 Å². The molecule has 3 saturated heterocycles. The molecule has 18 heteroatoms. The van der Waals surface area contributed by atoms with Crippen molar-refractivity contribution in [3.8, 4) is 22.8 Å². The van der Waals surface area contributed by atoms with Crippen molar-refractivity contribution >= 4 is 35.2 Å². The van der Waals surface area contributed by atoms with E-state index in [0.29, 0.717) is 29.8 Å². The van der Waals surface area contributed by atoms with Gasteiger partial charge in [0.15, 0.2) is 5.82 Å². The number of phenols is 1. The summed E-state index contributed by atoms with van der Waals surface area (Å²) in [5.74, 6) is 1.95. The smallest absolute Gasteiger partial charge is 0.246 e. The molecule has 76 heavy (non-hydrogen) atoms. The summed E-state index contributed by atoms with van der Waals surface area (Å²) in [4.78, 5) is 63.1. The second-order valence-corrected chi connectivity index (χ2v) is 24.2. The molecule has 10 rings (SSSR count). The molecule has 4 aliphatic heterocycles. The van der Waals surface area contributed by atoms with Gasteiger partial charge in [0.2, 0.25) is 23.7 Å². The van der Waals surface area contributed by atoms with Gasteiger partial charge in [-0.1, -0.05) is 45.0 Å². The zero-order chi connectivity index (χ0) is 53.3. The fourth-order valence-corrected chi connectivity index (χ4v) is 12.9. The molecule has 2 aromatic carbocycles. The van der Waals surface area contributed by atoms with E-state index in [4.69, 9.17) is 14.7 Å². The quantitative estimate of drug-likeness (QED) is 0.0903. The fourth-order valence-electron chi connectivity index (χ4n) is 12.9. The zero-order valence-corrected chi connectivity index (χ0v) is 45.5. The van der Waals surface area contributed by atoms with Crippen LogP contribution in [0.3, 0.4) is 0 Å². The van der Waals surface area contributed by atoms with Crippen molar-refractivity contribution in [3.05, 3.63) is 77.6 Å². The minimum atomic E-state index is -0.856. The largest absolute Gasteiger partial charge is 0.507 e. The Morgan fingerprint density at radius 3 is 2.39 bits per heavy atom. The fraction of sp³-hybridized carbons (Fsp3) is 0.603. The highest BCUT2D eigenvalue weighted by Crippen LogP contribution is 2.55. The lowest BCUT2D eigenvalue weighted by Gasteiger charge is -2.55. The molecular weight excluding hydrogens is 961 g/mol. The van der Waals surface area contributed by atoms with Gasteiger partial charge in [0.05, 0.1) is 30.1 Å². The van der Waals surface area contributed by atoms with E-state index in [1.807, 2.05) is 90.6 Å². The van der Waals surface area contributed by atoms with Gasteiger partial charge in [-0.25, -0.2) is 9.97 Å². The van der Waals surface area contributed by atoms with E-state index < -0.39 is 23.6 Å². The number of aliphatic hydroxyl groups excluding tert-OH is 1. The number of aryl methyl sites for hydroxylation is 1. The number of piperidine rings is 1. The second-order valence-electron chi connectivity index (χ2n) is 24.2. The van der Waals surface area contributed by atoms with Crippen molar-refractivity contribution < 1.29 is 29.3 Å². The van der Waals surface area contributed by atoms with Crippen LogP contribution in [0.4, 0.5) is 17.5 Å². The van der Waals surface area contributed by atoms with E-state index in [2.05, 4.69) is 45.7 Å². The molecule has 0 radical (unpaired) electrons. The third-order valence-corrected chi connectivity index (χ3v) is 17.4. The molecule has 2 aromatic heterocycles. The number of hydrogen-bond donors (Lipinski definition) is 5. The van der Waals surface area contributed by atoms with E-state index in [9.17, 15) is 24.6 Å². The van der Waals surface area contributed by atoms with Crippen LogP contribution in [0.25, 0.3) is 11.3 Å². The number of likely N-dealkylation sites (tertiary alicyclic amines) is 2.